The average molecular weight is 643 g/mol. The van der Waals surface area contributed by atoms with Crippen LogP contribution in [-0.2, 0) is 9.53 Å². The number of carbonyl (C=O) groups is 2. The van der Waals surface area contributed by atoms with E-state index in [1.807, 2.05) is 70.2 Å². The smallest absolute Gasteiger partial charge is 0.306 e. The predicted molar refractivity (Wildman–Crippen MR) is 171 cm³/mol. The number of nitrogens with zero attached hydrogens (tertiary/aromatic N) is 2. The summed E-state index contributed by atoms with van der Waals surface area (Å²) >= 11 is 10.2. The number of esters is 1. The molecule has 220 valence electrons. The van der Waals surface area contributed by atoms with Crippen LogP contribution in [0.3, 0.4) is 0 Å². The molecule has 1 fully saturated rings. The molecule has 1 atom stereocenters. The standard InChI is InChI=1S/C33H41BrClN3O3/c1-21-29(25-18-23(34)13-14-27(25)37-30(21)38-17-9-16-33(5,6)20-38)31(40)36-19-22(24-10-7-8-11-26(24)35)12-15-28(39)41-32(2,3)4/h7-8,10-11,13-14,18,22H,9,12,15-17,19-20H2,1-6H3,(H,36,40). The first-order chi connectivity index (χ1) is 19.2. The van der Waals surface area contributed by atoms with E-state index in [4.69, 9.17) is 21.3 Å². The minimum atomic E-state index is -0.555. The van der Waals surface area contributed by atoms with Crippen molar-refractivity contribution in [3.8, 4) is 0 Å². The van der Waals surface area contributed by atoms with Gasteiger partial charge in [-0.1, -0.05) is 59.6 Å². The molecule has 8 heteroatoms. The Bertz CT molecular complexity index is 1430. The molecular weight excluding hydrogens is 602 g/mol. The van der Waals surface area contributed by atoms with Gasteiger partial charge in [0.25, 0.3) is 5.91 Å². The van der Waals surface area contributed by atoms with Gasteiger partial charge < -0.3 is 15.0 Å². The number of hydrogen-bond donors (Lipinski definition) is 1. The Kier molecular flexibility index (Phi) is 9.70. The Morgan fingerprint density at radius 3 is 2.61 bits per heavy atom. The molecule has 41 heavy (non-hydrogen) atoms. The third kappa shape index (κ3) is 8.01. The lowest BCUT2D eigenvalue weighted by atomic mass is 9.84. The monoisotopic (exact) mass is 641 g/mol. The summed E-state index contributed by atoms with van der Waals surface area (Å²) in [5.41, 5.74) is 2.80. The van der Waals surface area contributed by atoms with Gasteiger partial charge in [0.15, 0.2) is 0 Å². The number of fused-ring (bicyclic) bond motifs is 1. The van der Waals surface area contributed by atoms with Gasteiger partial charge in [0.2, 0.25) is 0 Å². The van der Waals surface area contributed by atoms with Crippen molar-refractivity contribution in [3.63, 3.8) is 0 Å². The third-order valence-electron chi connectivity index (χ3n) is 7.56. The SMILES string of the molecule is Cc1c(N2CCCC(C)(C)C2)nc2ccc(Br)cc2c1C(=O)NCC(CCC(=O)OC(C)(C)C)c1ccccc1Cl. The van der Waals surface area contributed by atoms with Crippen molar-refractivity contribution in [3.05, 3.63) is 68.7 Å². The van der Waals surface area contributed by atoms with Crippen molar-refractivity contribution in [2.75, 3.05) is 24.5 Å². The molecule has 0 saturated carbocycles. The molecule has 6 nitrogen and oxygen atoms in total. The van der Waals surface area contributed by atoms with Crippen LogP contribution in [0.4, 0.5) is 5.82 Å². The second-order valence-electron chi connectivity index (χ2n) is 12.8. The maximum atomic E-state index is 14.0. The van der Waals surface area contributed by atoms with Crippen molar-refractivity contribution in [1.82, 2.24) is 10.3 Å². The number of halogens is 2. The fraction of sp³-hybridized carbons (Fsp3) is 0.485. The van der Waals surface area contributed by atoms with Crippen molar-refractivity contribution in [2.45, 2.75) is 78.7 Å². The summed E-state index contributed by atoms with van der Waals surface area (Å²) in [5, 5.41) is 4.60. The summed E-state index contributed by atoms with van der Waals surface area (Å²) < 4.78 is 6.42. The van der Waals surface area contributed by atoms with Crippen LogP contribution in [0.25, 0.3) is 10.9 Å². The molecule has 0 spiro atoms. The summed E-state index contributed by atoms with van der Waals surface area (Å²) in [6.45, 7) is 14.3. The Hall–Kier alpha value is -2.64. The van der Waals surface area contributed by atoms with E-state index in [1.165, 1.54) is 6.42 Å². The van der Waals surface area contributed by atoms with Crippen LogP contribution in [-0.4, -0.2) is 42.1 Å². The quantitative estimate of drug-likeness (QED) is 0.251. The van der Waals surface area contributed by atoms with Crippen LogP contribution >= 0.6 is 27.5 Å². The second kappa shape index (κ2) is 12.7. The van der Waals surface area contributed by atoms with Gasteiger partial charge in [-0.15, -0.1) is 0 Å². The number of anilines is 1. The summed E-state index contributed by atoms with van der Waals surface area (Å²) in [5.74, 6) is 0.267. The average Bonchev–Trinajstić information content (AvgIpc) is 2.87. The minimum absolute atomic E-state index is 0.164. The molecule has 3 aromatic rings. The number of pyridine rings is 1. The summed E-state index contributed by atoms with van der Waals surface area (Å²) in [4.78, 5) is 33.9. The second-order valence-corrected chi connectivity index (χ2v) is 14.2. The van der Waals surface area contributed by atoms with Crippen molar-refractivity contribution >= 4 is 56.1 Å². The van der Waals surface area contributed by atoms with E-state index in [9.17, 15) is 9.59 Å². The number of ether oxygens (including phenoxy) is 1. The van der Waals surface area contributed by atoms with Crippen LogP contribution < -0.4 is 10.2 Å². The molecule has 1 amide bonds. The first-order valence-electron chi connectivity index (χ1n) is 14.3. The highest BCUT2D eigenvalue weighted by atomic mass is 79.9. The maximum absolute atomic E-state index is 14.0. The van der Waals surface area contributed by atoms with E-state index >= 15 is 0 Å². The summed E-state index contributed by atoms with van der Waals surface area (Å²) in [6.07, 6.45) is 2.98. The molecule has 4 rings (SSSR count). The van der Waals surface area contributed by atoms with Crippen molar-refractivity contribution < 1.29 is 14.3 Å². The first kappa shape index (κ1) is 31.3. The number of carbonyl (C=O) groups excluding carboxylic acids is 2. The van der Waals surface area contributed by atoms with Crippen LogP contribution in [0.2, 0.25) is 5.02 Å². The van der Waals surface area contributed by atoms with Gasteiger partial charge in [-0.2, -0.15) is 0 Å². The first-order valence-corrected chi connectivity index (χ1v) is 15.5. The zero-order valence-electron chi connectivity index (χ0n) is 24.9. The molecule has 1 aliphatic rings. The number of hydrogen-bond acceptors (Lipinski definition) is 5. The Morgan fingerprint density at radius 2 is 1.93 bits per heavy atom. The number of benzene rings is 2. The molecule has 0 aliphatic carbocycles. The van der Waals surface area contributed by atoms with Gasteiger partial charge in [0.1, 0.15) is 11.4 Å². The van der Waals surface area contributed by atoms with Crippen molar-refractivity contribution in [1.29, 1.82) is 0 Å². The zero-order valence-corrected chi connectivity index (χ0v) is 27.3. The lowest BCUT2D eigenvalue weighted by Gasteiger charge is -2.39. The van der Waals surface area contributed by atoms with Gasteiger partial charge >= 0.3 is 5.97 Å². The van der Waals surface area contributed by atoms with E-state index in [2.05, 4.69) is 40.0 Å². The molecule has 2 aromatic carbocycles. The Morgan fingerprint density at radius 1 is 1.20 bits per heavy atom. The van der Waals surface area contributed by atoms with Gasteiger partial charge in [-0.25, -0.2) is 4.98 Å². The van der Waals surface area contributed by atoms with E-state index in [-0.39, 0.29) is 29.6 Å². The third-order valence-corrected chi connectivity index (χ3v) is 8.40. The molecule has 0 bridgehead atoms. The molecule has 1 N–H and O–H groups in total. The highest BCUT2D eigenvalue weighted by molar-refractivity contribution is 9.10. The number of amides is 1. The summed E-state index contributed by atoms with van der Waals surface area (Å²) in [7, 11) is 0. The van der Waals surface area contributed by atoms with Gasteiger partial charge in [0.05, 0.1) is 11.1 Å². The molecule has 1 saturated heterocycles. The lowest BCUT2D eigenvalue weighted by molar-refractivity contribution is -0.155. The fourth-order valence-corrected chi connectivity index (χ4v) is 6.34. The molecule has 2 heterocycles. The topological polar surface area (TPSA) is 71.5 Å². The normalized spacial score (nSPS) is 16.0. The maximum Gasteiger partial charge on any atom is 0.306 e. The Labute approximate surface area is 257 Å². The van der Waals surface area contributed by atoms with Crippen molar-refractivity contribution in [2.24, 2.45) is 5.41 Å². The zero-order chi connectivity index (χ0) is 29.9. The van der Waals surface area contributed by atoms with E-state index in [0.29, 0.717) is 23.6 Å². The summed E-state index contributed by atoms with van der Waals surface area (Å²) in [6, 6.07) is 13.5. The Balaban J connectivity index is 1.64. The van der Waals surface area contributed by atoms with Gasteiger partial charge in [0, 0.05) is 52.4 Å². The van der Waals surface area contributed by atoms with Crippen LogP contribution in [0.1, 0.15) is 87.7 Å². The van der Waals surface area contributed by atoms with Crippen LogP contribution in [0.5, 0.6) is 0 Å². The molecule has 1 aliphatic heterocycles. The molecule has 1 aromatic heterocycles. The lowest BCUT2D eigenvalue weighted by Crippen LogP contribution is -2.41. The van der Waals surface area contributed by atoms with Crippen LogP contribution in [0, 0.1) is 12.3 Å². The molecular formula is C33H41BrClN3O3. The van der Waals surface area contributed by atoms with E-state index in [1.54, 1.807) is 0 Å². The predicted octanol–water partition coefficient (Wildman–Crippen LogP) is 8.22. The number of rotatable bonds is 8. The number of aromatic nitrogens is 1. The van der Waals surface area contributed by atoms with Gasteiger partial charge in [-0.3, -0.25) is 9.59 Å². The number of nitrogens with one attached hydrogen (secondary N) is 1. The van der Waals surface area contributed by atoms with E-state index in [0.717, 1.165) is 51.8 Å². The molecule has 0 radical (unpaired) electrons. The molecule has 1 unspecified atom stereocenters. The van der Waals surface area contributed by atoms with Crippen LogP contribution in [0.15, 0.2) is 46.9 Å². The highest BCUT2D eigenvalue weighted by Gasteiger charge is 2.30. The minimum Gasteiger partial charge on any atom is -0.460 e. The van der Waals surface area contributed by atoms with E-state index < -0.39 is 5.60 Å². The largest absolute Gasteiger partial charge is 0.460 e. The highest BCUT2D eigenvalue weighted by Crippen LogP contribution is 2.36. The number of piperidine rings is 1. The van der Waals surface area contributed by atoms with Gasteiger partial charge in [-0.05, 0) is 82.2 Å². The fourth-order valence-electron chi connectivity index (χ4n) is 5.68.